The zero-order valence-electron chi connectivity index (χ0n) is 9.52. The van der Waals surface area contributed by atoms with Crippen LogP contribution in [0.2, 0.25) is 0 Å². The molecule has 0 saturated carbocycles. The van der Waals surface area contributed by atoms with Gasteiger partial charge in [-0.1, -0.05) is 30.3 Å². The van der Waals surface area contributed by atoms with E-state index in [0.717, 1.165) is 30.9 Å². The van der Waals surface area contributed by atoms with Crippen LogP contribution >= 0.6 is 0 Å². The van der Waals surface area contributed by atoms with Gasteiger partial charge >= 0.3 is 0 Å². The second-order valence-corrected chi connectivity index (χ2v) is 4.04. The molecule has 0 amide bonds. The van der Waals surface area contributed by atoms with Gasteiger partial charge < -0.3 is 4.90 Å². The average molecular weight is 216 g/mol. The van der Waals surface area contributed by atoms with E-state index in [-0.39, 0.29) is 5.78 Å². The third-order valence-electron chi connectivity index (χ3n) is 2.80. The van der Waals surface area contributed by atoms with Gasteiger partial charge in [0.25, 0.3) is 0 Å². The molecule has 1 aliphatic rings. The number of hydrogen-bond acceptors (Lipinski definition) is 3. The first-order valence-corrected chi connectivity index (χ1v) is 5.60. The molecular formula is C13H16N2O. The Labute approximate surface area is 95.8 Å². The first kappa shape index (κ1) is 10.9. The standard InChI is InChI=1S/C13H16N2O/c1-15-9-5-8-14-13(15)10-12(16)11-6-3-2-4-7-11/h2-4,6-7H,5,8-10H2,1H3. The van der Waals surface area contributed by atoms with Crippen LogP contribution in [-0.4, -0.2) is 36.7 Å². The maximum Gasteiger partial charge on any atom is 0.170 e. The van der Waals surface area contributed by atoms with Crippen molar-refractivity contribution < 1.29 is 4.79 Å². The number of carbonyl (C=O) groups excluding carboxylic acids is 1. The van der Waals surface area contributed by atoms with Gasteiger partial charge in [-0.3, -0.25) is 9.79 Å². The number of hydrogen-bond donors (Lipinski definition) is 0. The van der Waals surface area contributed by atoms with Gasteiger partial charge in [-0.15, -0.1) is 0 Å². The first-order chi connectivity index (χ1) is 7.77. The van der Waals surface area contributed by atoms with E-state index < -0.39 is 0 Å². The van der Waals surface area contributed by atoms with Crippen molar-refractivity contribution in [2.24, 2.45) is 4.99 Å². The molecule has 2 rings (SSSR count). The lowest BCUT2D eigenvalue weighted by Gasteiger charge is -2.24. The Morgan fingerprint density at radius 3 is 2.81 bits per heavy atom. The Bertz CT molecular complexity index is 398. The molecule has 0 saturated heterocycles. The number of benzene rings is 1. The van der Waals surface area contributed by atoms with Crippen LogP contribution in [0, 0.1) is 0 Å². The topological polar surface area (TPSA) is 32.7 Å². The van der Waals surface area contributed by atoms with Crippen LogP contribution < -0.4 is 0 Å². The smallest absolute Gasteiger partial charge is 0.170 e. The van der Waals surface area contributed by atoms with E-state index in [1.165, 1.54) is 0 Å². The van der Waals surface area contributed by atoms with E-state index in [1.807, 2.05) is 37.4 Å². The summed E-state index contributed by atoms with van der Waals surface area (Å²) in [7, 11) is 2.00. The summed E-state index contributed by atoms with van der Waals surface area (Å²) in [4.78, 5) is 18.4. The monoisotopic (exact) mass is 216 g/mol. The van der Waals surface area contributed by atoms with Gasteiger partial charge in [-0.25, -0.2) is 0 Å². The minimum absolute atomic E-state index is 0.146. The summed E-state index contributed by atoms with van der Waals surface area (Å²) in [5.74, 6) is 1.06. The van der Waals surface area contributed by atoms with Gasteiger partial charge in [0.15, 0.2) is 5.78 Å². The fraction of sp³-hybridized carbons (Fsp3) is 0.385. The SMILES string of the molecule is CN1CCCN=C1CC(=O)c1ccccc1. The number of ketones is 1. The number of nitrogens with zero attached hydrogens (tertiary/aromatic N) is 2. The highest BCUT2D eigenvalue weighted by molar-refractivity contribution is 6.09. The van der Waals surface area contributed by atoms with Crippen molar-refractivity contribution in [3.8, 4) is 0 Å². The Kier molecular flexibility index (Phi) is 3.34. The molecule has 0 atom stereocenters. The highest BCUT2D eigenvalue weighted by Gasteiger charge is 2.15. The number of aliphatic imine (C=N–C) groups is 1. The number of rotatable bonds is 3. The summed E-state index contributed by atoms with van der Waals surface area (Å²) in [6.07, 6.45) is 1.50. The third-order valence-corrected chi connectivity index (χ3v) is 2.80. The van der Waals surface area contributed by atoms with E-state index in [0.29, 0.717) is 6.42 Å². The maximum atomic E-state index is 12.0. The molecule has 16 heavy (non-hydrogen) atoms. The molecule has 84 valence electrons. The van der Waals surface area contributed by atoms with Crippen LogP contribution in [0.1, 0.15) is 23.2 Å². The minimum atomic E-state index is 0.146. The summed E-state index contributed by atoms with van der Waals surface area (Å²) in [5.41, 5.74) is 0.768. The van der Waals surface area contributed by atoms with Crippen molar-refractivity contribution in [2.45, 2.75) is 12.8 Å². The fourth-order valence-corrected chi connectivity index (χ4v) is 1.83. The molecule has 0 radical (unpaired) electrons. The van der Waals surface area contributed by atoms with E-state index in [4.69, 9.17) is 0 Å². The van der Waals surface area contributed by atoms with Gasteiger partial charge in [0.2, 0.25) is 0 Å². The molecule has 0 aromatic heterocycles. The minimum Gasteiger partial charge on any atom is -0.363 e. The largest absolute Gasteiger partial charge is 0.363 e. The lowest BCUT2D eigenvalue weighted by atomic mass is 10.1. The van der Waals surface area contributed by atoms with Gasteiger partial charge in [0.05, 0.1) is 6.42 Å². The van der Waals surface area contributed by atoms with Crippen molar-refractivity contribution in [2.75, 3.05) is 20.1 Å². The van der Waals surface area contributed by atoms with Gasteiger partial charge in [0.1, 0.15) is 5.84 Å². The summed E-state index contributed by atoms with van der Waals surface area (Å²) >= 11 is 0. The van der Waals surface area contributed by atoms with Gasteiger partial charge in [0, 0.05) is 25.7 Å². The number of carbonyl (C=O) groups is 1. The van der Waals surface area contributed by atoms with Crippen LogP contribution in [0.25, 0.3) is 0 Å². The van der Waals surface area contributed by atoms with Crippen molar-refractivity contribution >= 4 is 11.6 Å². The van der Waals surface area contributed by atoms with Crippen molar-refractivity contribution in [1.29, 1.82) is 0 Å². The molecule has 1 aliphatic heterocycles. The molecule has 0 fully saturated rings. The molecule has 0 bridgehead atoms. The lowest BCUT2D eigenvalue weighted by molar-refractivity contribution is 0.0997. The summed E-state index contributed by atoms with van der Waals surface area (Å²) in [6.45, 7) is 1.85. The highest BCUT2D eigenvalue weighted by Crippen LogP contribution is 2.08. The van der Waals surface area contributed by atoms with Crippen LogP contribution in [0.4, 0.5) is 0 Å². The quantitative estimate of drug-likeness (QED) is 0.724. The molecule has 0 spiro atoms. The maximum absolute atomic E-state index is 12.0. The number of amidine groups is 1. The lowest BCUT2D eigenvalue weighted by Crippen LogP contribution is -2.33. The van der Waals surface area contributed by atoms with E-state index >= 15 is 0 Å². The Morgan fingerprint density at radius 2 is 2.12 bits per heavy atom. The summed E-state index contributed by atoms with van der Waals surface area (Å²) in [5, 5.41) is 0. The third kappa shape index (κ3) is 2.48. The molecule has 1 heterocycles. The Morgan fingerprint density at radius 1 is 1.38 bits per heavy atom. The predicted octanol–water partition coefficient (Wildman–Crippen LogP) is 1.99. The zero-order valence-corrected chi connectivity index (χ0v) is 9.52. The van der Waals surface area contributed by atoms with Gasteiger partial charge in [-0.2, -0.15) is 0 Å². The molecule has 3 heteroatoms. The van der Waals surface area contributed by atoms with E-state index in [2.05, 4.69) is 9.89 Å². The second kappa shape index (κ2) is 4.92. The molecule has 3 nitrogen and oxygen atoms in total. The van der Waals surface area contributed by atoms with Crippen LogP contribution in [0.5, 0.6) is 0 Å². The van der Waals surface area contributed by atoms with Crippen LogP contribution in [0.3, 0.4) is 0 Å². The normalized spacial score (nSPS) is 15.8. The summed E-state index contributed by atoms with van der Waals surface area (Å²) < 4.78 is 0. The van der Waals surface area contributed by atoms with E-state index in [1.54, 1.807) is 0 Å². The molecule has 1 aromatic carbocycles. The first-order valence-electron chi connectivity index (χ1n) is 5.60. The molecule has 0 unspecified atom stereocenters. The van der Waals surface area contributed by atoms with Crippen molar-refractivity contribution in [3.63, 3.8) is 0 Å². The zero-order chi connectivity index (χ0) is 11.4. The van der Waals surface area contributed by atoms with Gasteiger partial charge in [-0.05, 0) is 6.42 Å². The number of Topliss-reactive ketones (excluding diaryl/α,β-unsaturated/α-hetero) is 1. The molecule has 0 N–H and O–H groups in total. The second-order valence-electron chi connectivity index (χ2n) is 4.04. The molecule has 1 aromatic rings. The Hall–Kier alpha value is -1.64. The highest BCUT2D eigenvalue weighted by atomic mass is 16.1. The predicted molar refractivity (Wildman–Crippen MR) is 64.9 cm³/mol. The van der Waals surface area contributed by atoms with Crippen molar-refractivity contribution in [1.82, 2.24) is 4.90 Å². The van der Waals surface area contributed by atoms with Crippen molar-refractivity contribution in [3.05, 3.63) is 35.9 Å². The Balaban J connectivity index is 2.05. The summed E-state index contributed by atoms with van der Waals surface area (Å²) in [6, 6.07) is 9.40. The molecular weight excluding hydrogens is 200 g/mol. The van der Waals surface area contributed by atoms with Crippen LogP contribution in [-0.2, 0) is 0 Å². The average Bonchev–Trinajstić information content (AvgIpc) is 2.33. The fourth-order valence-electron chi connectivity index (χ4n) is 1.83. The molecule has 0 aliphatic carbocycles. The van der Waals surface area contributed by atoms with Crippen LogP contribution in [0.15, 0.2) is 35.3 Å². The van der Waals surface area contributed by atoms with E-state index in [9.17, 15) is 4.79 Å².